The maximum Gasteiger partial charge on any atom is 0.404 e. The summed E-state index contributed by atoms with van der Waals surface area (Å²) in [5.41, 5.74) is 0.496. The van der Waals surface area contributed by atoms with E-state index < -0.39 is 23.6 Å². The molecule has 7 nitrogen and oxygen atoms in total. The molecular weight excluding hydrogens is 413 g/mol. The van der Waals surface area contributed by atoms with Gasteiger partial charge in [-0.3, -0.25) is 4.98 Å². The Morgan fingerprint density at radius 1 is 1.28 bits per heavy atom. The molecule has 2 heterocycles. The van der Waals surface area contributed by atoms with Crippen molar-refractivity contribution in [2.45, 2.75) is 24.5 Å². The van der Waals surface area contributed by atoms with Gasteiger partial charge in [0.25, 0.3) is 0 Å². The molecule has 168 valence electrons. The zero-order valence-electron chi connectivity index (χ0n) is 17.6. The van der Waals surface area contributed by atoms with E-state index in [4.69, 9.17) is 9.84 Å². The first-order valence-electron chi connectivity index (χ1n) is 10.6. The standard InChI is InChI=1S/C24H26FN3O4/c25-19-7-3-6-18(22(19)17-13-16-5-1-2-8-20(16)28-14-17)24(31,9-4-10-27-23(29)30)21-15-26-11-12-32-21/h1-3,5-8,13-14,21,26-27,31H,4,9-12,15H2,(H,29,30)/t21-,24-/m1/s1. The molecule has 32 heavy (non-hydrogen) atoms. The molecule has 0 spiro atoms. The third kappa shape index (κ3) is 4.57. The number of amides is 1. The van der Waals surface area contributed by atoms with Crippen LogP contribution in [0.3, 0.4) is 0 Å². The second-order valence-corrected chi connectivity index (χ2v) is 7.90. The van der Waals surface area contributed by atoms with Gasteiger partial charge in [0.1, 0.15) is 17.5 Å². The number of hydrogen-bond donors (Lipinski definition) is 4. The molecule has 0 unspecified atom stereocenters. The first-order chi connectivity index (χ1) is 15.5. The number of hydrogen-bond acceptors (Lipinski definition) is 5. The quantitative estimate of drug-likeness (QED) is 0.422. The van der Waals surface area contributed by atoms with Crippen molar-refractivity contribution in [3.8, 4) is 11.1 Å². The maximum absolute atomic E-state index is 15.2. The number of carbonyl (C=O) groups is 1. The van der Waals surface area contributed by atoms with Crippen LogP contribution in [0.5, 0.6) is 0 Å². The van der Waals surface area contributed by atoms with Crippen molar-refractivity contribution < 1.29 is 24.1 Å². The van der Waals surface area contributed by atoms with Gasteiger partial charge in [-0.1, -0.05) is 30.3 Å². The summed E-state index contributed by atoms with van der Waals surface area (Å²) in [4.78, 5) is 15.3. The van der Waals surface area contributed by atoms with Gasteiger partial charge in [-0.05, 0) is 36.6 Å². The Hall–Kier alpha value is -3.07. The summed E-state index contributed by atoms with van der Waals surface area (Å²) < 4.78 is 21.1. The first-order valence-corrected chi connectivity index (χ1v) is 10.6. The van der Waals surface area contributed by atoms with E-state index in [2.05, 4.69) is 15.6 Å². The molecule has 1 amide bonds. The average molecular weight is 439 g/mol. The van der Waals surface area contributed by atoms with Crippen molar-refractivity contribution in [1.82, 2.24) is 15.6 Å². The second-order valence-electron chi connectivity index (χ2n) is 7.90. The fraction of sp³-hybridized carbons (Fsp3) is 0.333. The van der Waals surface area contributed by atoms with Crippen LogP contribution in [0.15, 0.2) is 54.7 Å². The van der Waals surface area contributed by atoms with Gasteiger partial charge in [0.05, 0.1) is 12.1 Å². The number of benzene rings is 2. The topological polar surface area (TPSA) is 104 Å². The van der Waals surface area contributed by atoms with E-state index in [1.165, 1.54) is 6.07 Å². The van der Waals surface area contributed by atoms with Crippen LogP contribution < -0.4 is 10.6 Å². The molecule has 4 N–H and O–H groups in total. The zero-order chi connectivity index (χ0) is 22.6. The summed E-state index contributed by atoms with van der Waals surface area (Å²) in [5.74, 6) is -0.467. The summed E-state index contributed by atoms with van der Waals surface area (Å²) in [6, 6.07) is 14.1. The van der Waals surface area contributed by atoms with Crippen LogP contribution in [-0.4, -0.2) is 53.6 Å². The molecule has 2 aromatic carbocycles. The van der Waals surface area contributed by atoms with Gasteiger partial charge in [-0.2, -0.15) is 0 Å². The number of nitrogens with one attached hydrogen (secondary N) is 2. The predicted molar refractivity (Wildman–Crippen MR) is 119 cm³/mol. The minimum Gasteiger partial charge on any atom is -0.465 e. The summed E-state index contributed by atoms with van der Waals surface area (Å²) >= 11 is 0. The molecule has 3 aromatic rings. The van der Waals surface area contributed by atoms with Gasteiger partial charge >= 0.3 is 6.09 Å². The van der Waals surface area contributed by atoms with Gasteiger partial charge in [0.15, 0.2) is 0 Å². The number of carboxylic acid groups (broad SMARTS) is 1. The van der Waals surface area contributed by atoms with Gasteiger partial charge in [-0.15, -0.1) is 0 Å². The normalized spacial score (nSPS) is 18.2. The number of pyridine rings is 1. The summed E-state index contributed by atoms with van der Waals surface area (Å²) in [5, 5.41) is 27.2. The molecule has 0 saturated carbocycles. The average Bonchev–Trinajstić information content (AvgIpc) is 2.81. The number of aromatic nitrogens is 1. The highest BCUT2D eigenvalue weighted by molar-refractivity contribution is 5.84. The zero-order valence-corrected chi connectivity index (χ0v) is 17.6. The van der Waals surface area contributed by atoms with E-state index in [-0.39, 0.29) is 18.5 Å². The number of nitrogens with zero attached hydrogens (tertiary/aromatic N) is 1. The molecule has 4 rings (SSSR count). The van der Waals surface area contributed by atoms with Gasteiger partial charge in [0, 0.05) is 42.3 Å². The number of morpholine rings is 1. The van der Waals surface area contributed by atoms with Gasteiger partial charge in [-0.25, -0.2) is 9.18 Å². The smallest absolute Gasteiger partial charge is 0.404 e. The van der Waals surface area contributed by atoms with Crippen molar-refractivity contribution >= 4 is 17.0 Å². The predicted octanol–water partition coefficient (Wildman–Crippen LogP) is 3.26. The molecule has 8 heteroatoms. The lowest BCUT2D eigenvalue weighted by Gasteiger charge is -2.40. The molecule has 1 aliphatic heterocycles. The van der Waals surface area contributed by atoms with Crippen molar-refractivity contribution in [2.75, 3.05) is 26.2 Å². The molecule has 1 saturated heterocycles. The summed E-state index contributed by atoms with van der Waals surface area (Å²) in [7, 11) is 0. The number of ether oxygens (including phenoxy) is 1. The van der Waals surface area contributed by atoms with Crippen molar-refractivity contribution in [1.29, 1.82) is 0 Å². The summed E-state index contributed by atoms with van der Waals surface area (Å²) in [6.45, 7) is 1.65. The van der Waals surface area contributed by atoms with E-state index in [1.807, 2.05) is 30.3 Å². The second kappa shape index (κ2) is 9.60. The largest absolute Gasteiger partial charge is 0.465 e. The van der Waals surface area contributed by atoms with E-state index >= 15 is 4.39 Å². The number of rotatable bonds is 7. The molecule has 2 atom stereocenters. The SMILES string of the molecule is O=C(O)NCCC[C@@](O)(c1cccc(F)c1-c1cnc2ccccc2c1)[C@H]1CNCCO1. The Bertz CT molecular complexity index is 1100. The molecule has 1 fully saturated rings. The van der Waals surface area contributed by atoms with Crippen LogP contribution in [-0.2, 0) is 10.3 Å². The Labute approximate surface area is 185 Å². The van der Waals surface area contributed by atoms with Gasteiger partial charge < -0.3 is 25.6 Å². The van der Waals surface area contributed by atoms with Crippen LogP contribution >= 0.6 is 0 Å². The van der Waals surface area contributed by atoms with E-state index in [1.54, 1.807) is 18.3 Å². The third-order valence-corrected chi connectivity index (χ3v) is 5.83. The number of halogens is 1. The number of aliphatic hydroxyl groups is 1. The van der Waals surface area contributed by atoms with Crippen molar-refractivity contribution in [2.24, 2.45) is 0 Å². The highest BCUT2D eigenvalue weighted by Crippen LogP contribution is 2.40. The summed E-state index contributed by atoms with van der Waals surface area (Å²) in [6.07, 6.45) is 0.412. The van der Waals surface area contributed by atoms with E-state index in [0.29, 0.717) is 37.2 Å². The van der Waals surface area contributed by atoms with E-state index in [0.717, 1.165) is 10.9 Å². The lowest BCUT2D eigenvalue weighted by atomic mass is 9.79. The van der Waals surface area contributed by atoms with Crippen LogP contribution in [0.2, 0.25) is 0 Å². The van der Waals surface area contributed by atoms with Crippen molar-refractivity contribution in [3.05, 3.63) is 66.1 Å². The van der Waals surface area contributed by atoms with Gasteiger partial charge in [0.2, 0.25) is 0 Å². The minimum absolute atomic E-state index is 0.167. The number of fused-ring (bicyclic) bond motifs is 1. The highest BCUT2D eigenvalue weighted by atomic mass is 19.1. The molecular formula is C24H26FN3O4. The monoisotopic (exact) mass is 439 g/mol. The van der Waals surface area contributed by atoms with Crippen LogP contribution in [0.1, 0.15) is 18.4 Å². The Kier molecular flexibility index (Phi) is 6.64. The number of para-hydroxylation sites is 1. The van der Waals surface area contributed by atoms with Crippen molar-refractivity contribution in [3.63, 3.8) is 0 Å². The van der Waals surface area contributed by atoms with Crippen LogP contribution in [0.25, 0.3) is 22.0 Å². The maximum atomic E-state index is 15.2. The molecule has 1 aromatic heterocycles. The van der Waals surface area contributed by atoms with E-state index in [9.17, 15) is 9.90 Å². The fourth-order valence-electron chi connectivity index (χ4n) is 4.28. The Morgan fingerprint density at radius 2 is 2.12 bits per heavy atom. The molecule has 0 radical (unpaired) electrons. The molecule has 0 bridgehead atoms. The first kappa shape index (κ1) is 22.1. The van der Waals surface area contributed by atoms with Crippen LogP contribution in [0.4, 0.5) is 9.18 Å². The third-order valence-electron chi connectivity index (χ3n) is 5.83. The lowest BCUT2D eigenvalue weighted by molar-refractivity contribution is -0.129. The highest BCUT2D eigenvalue weighted by Gasteiger charge is 2.42. The fourth-order valence-corrected chi connectivity index (χ4v) is 4.28. The lowest BCUT2D eigenvalue weighted by Crippen LogP contribution is -2.52. The molecule has 1 aliphatic rings. The Morgan fingerprint density at radius 3 is 2.91 bits per heavy atom. The Balaban J connectivity index is 1.78. The minimum atomic E-state index is -1.53. The van der Waals surface area contributed by atoms with Crippen LogP contribution in [0, 0.1) is 5.82 Å². The molecule has 0 aliphatic carbocycles.